The van der Waals surface area contributed by atoms with E-state index in [4.69, 9.17) is 25.5 Å². The van der Waals surface area contributed by atoms with Gasteiger partial charge in [-0.15, -0.1) is 0 Å². The zero-order valence-electron chi connectivity index (χ0n) is 16.8. The summed E-state index contributed by atoms with van der Waals surface area (Å²) in [5.74, 6) is 1.20. The fourth-order valence-electron chi connectivity index (χ4n) is 3.45. The molecule has 0 aliphatic heterocycles. The van der Waals surface area contributed by atoms with Crippen molar-refractivity contribution in [1.29, 1.82) is 0 Å². The summed E-state index contributed by atoms with van der Waals surface area (Å²) in [7, 11) is 0. The van der Waals surface area contributed by atoms with E-state index in [1.54, 1.807) is 6.07 Å². The highest BCUT2D eigenvalue weighted by atomic mass is 35.5. The number of hydrogen-bond donors (Lipinski definition) is 0. The maximum Gasteiger partial charge on any atom is 0.235 e. The lowest BCUT2D eigenvalue weighted by molar-refractivity contribution is 0.214. The van der Waals surface area contributed by atoms with Gasteiger partial charge in [0.1, 0.15) is 24.5 Å². The first-order valence-electron chi connectivity index (χ1n) is 9.68. The predicted octanol–water partition coefficient (Wildman–Crippen LogP) is 6.19. The van der Waals surface area contributed by atoms with Crippen LogP contribution in [0.4, 0.5) is 0 Å². The molecule has 4 rings (SSSR count). The van der Waals surface area contributed by atoms with Crippen LogP contribution >= 0.6 is 11.6 Å². The molecular formula is C25H21ClO4. The van der Waals surface area contributed by atoms with Crippen LogP contribution in [0, 0.1) is 13.8 Å². The molecule has 0 spiro atoms. The highest BCUT2D eigenvalue weighted by Crippen LogP contribution is 2.36. The molecule has 0 unspecified atom stereocenters. The lowest BCUT2D eigenvalue weighted by Gasteiger charge is -2.14. The molecule has 0 atom stereocenters. The number of benzene rings is 3. The van der Waals surface area contributed by atoms with Crippen LogP contribution in [0.1, 0.15) is 11.1 Å². The second kappa shape index (κ2) is 8.64. The summed E-state index contributed by atoms with van der Waals surface area (Å²) in [6.07, 6.45) is 0. The average Bonchev–Trinajstić information content (AvgIpc) is 2.73. The Morgan fingerprint density at radius 3 is 2.37 bits per heavy atom. The van der Waals surface area contributed by atoms with E-state index in [1.165, 1.54) is 0 Å². The van der Waals surface area contributed by atoms with Gasteiger partial charge in [0.05, 0.1) is 10.4 Å². The Hall–Kier alpha value is -3.24. The quantitative estimate of drug-likeness (QED) is 0.349. The molecule has 0 bridgehead atoms. The summed E-state index contributed by atoms with van der Waals surface area (Å²) in [5.41, 5.74) is 2.76. The number of fused-ring (bicyclic) bond motifs is 1. The standard InChI is InChI=1S/C25H21ClO4/c1-16-14-17(2)22-21(15-16)30-24(19-10-6-7-11-20(19)26)25(23(22)27)29-13-12-28-18-8-4-3-5-9-18/h3-11,14-15H,12-13H2,1-2H3. The van der Waals surface area contributed by atoms with Crippen molar-refractivity contribution < 1.29 is 13.9 Å². The molecule has 5 heteroatoms. The van der Waals surface area contributed by atoms with Crippen molar-refractivity contribution in [2.45, 2.75) is 13.8 Å². The lowest BCUT2D eigenvalue weighted by Crippen LogP contribution is -2.16. The highest BCUT2D eigenvalue weighted by molar-refractivity contribution is 6.33. The molecular weight excluding hydrogens is 400 g/mol. The summed E-state index contributed by atoms with van der Waals surface area (Å²) in [4.78, 5) is 13.4. The second-order valence-corrected chi connectivity index (χ2v) is 7.44. The van der Waals surface area contributed by atoms with Crippen molar-refractivity contribution in [2.24, 2.45) is 0 Å². The van der Waals surface area contributed by atoms with Crippen molar-refractivity contribution >= 4 is 22.6 Å². The van der Waals surface area contributed by atoms with E-state index >= 15 is 0 Å². The van der Waals surface area contributed by atoms with Crippen LogP contribution in [0.25, 0.3) is 22.3 Å². The first-order valence-corrected chi connectivity index (χ1v) is 10.1. The van der Waals surface area contributed by atoms with Gasteiger partial charge >= 0.3 is 0 Å². The molecule has 0 N–H and O–H groups in total. The third kappa shape index (κ3) is 4.05. The van der Waals surface area contributed by atoms with E-state index in [-0.39, 0.29) is 24.4 Å². The second-order valence-electron chi connectivity index (χ2n) is 7.03. The van der Waals surface area contributed by atoms with Gasteiger partial charge < -0.3 is 13.9 Å². The molecule has 0 amide bonds. The van der Waals surface area contributed by atoms with Gasteiger partial charge in [0, 0.05) is 5.56 Å². The van der Waals surface area contributed by atoms with E-state index in [9.17, 15) is 4.79 Å². The molecule has 0 radical (unpaired) electrons. The zero-order valence-corrected chi connectivity index (χ0v) is 17.5. The summed E-state index contributed by atoms with van der Waals surface area (Å²) < 4.78 is 17.8. The predicted molar refractivity (Wildman–Crippen MR) is 120 cm³/mol. The molecule has 0 fully saturated rings. The average molecular weight is 421 g/mol. The van der Waals surface area contributed by atoms with Gasteiger partial charge in [-0.2, -0.15) is 0 Å². The van der Waals surface area contributed by atoms with Gasteiger partial charge in [-0.25, -0.2) is 0 Å². The van der Waals surface area contributed by atoms with Crippen molar-refractivity contribution in [3.05, 3.63) is 93.1 Å². The van der Waals surface area contributed by atoms with E-state index in [0.29, 0.717) is 27.3 Å². The number of aryl methyl sites for hydroxylation is 2. The number of ether oxygens (including phenoxy) is 2. The van der Waals surface area contributed by atoms with E-state index in [2.05, 4.69) is 0 Å². The molecule has 3 aromatic carbocycles. The van der Waals surface area contributed by atoms with Gasteiger partial charge in [0.2, 0.25) is 11.2 Å². The molecule has 1 aromatic heterocycles. The molecule has 30 heavy (non-hydrogen) atoms. The number of para-hydroxylation sites is 1. The van der Waals surface area contributed by atoms with Crippen molar-refractivity contribution in [2.75, 3.05) is 13.2 Å². The minimum Gasteiger partial charge on any atom is -0.490 e. The van der Waals surface area contributed by atoms with Crippen molar-refractivity contribution in [1.82, 2.24) is 0 Å². The summed E-state index contributed by atoms with van der Waals surface area (Å²) in [6, 6.07) is 20.5. The van der Waals surface area contributed by atoms with Crippen LogP contribution in [0.2, 0.25) is 5.02 Å². The Kier molecular flexibility index (Phi) is 5.77. The maximum absolute atomic E-state index is 13.4. The third-order valence-electron chi connectivity index (χ3n) is 4.76. The highest BCUT2D eigenvalue weighted by Gasteiger charge is 2.21. The van der Waals surface area contributed by atoms with Gasteiger partial charge in [-0.3, -0.25) is 4.79 Å². The molecule has 0 saturated carbocycles. The van der Waals surface area contributed by atoms with E-state index < -0.39 is 0 Å². The smallest absolute Gasteiger partial charge is 0.235 e. The Bertz CT molecular complexity index is 1250. The first kappa shape index (κ1) is 20.0. The topological polar surface area (TPSA) is 48.7 Å². The number of hydrogen-bond acceptors (Lipinski definition) is 4. The van der Waals surface area contributed by atoms with Gasteiger partial charge in [-0.1, -0.05) is 48.0 Å². The Balaban J connectivity index is 1.74. The summed E-state index contributed by atoms with van der Waals surface area (Å²) in [5, 5.41) is 0.991. The summed E-state index contributed by atoms with van der Waals surface area (Å²) >= 11 is 6.40. The number of rotatable bonds is 6. The fraction of sp³-hybridized carbons (Fsp3) is 0.160. The largest absolute Gasteiger partial charge is 0.490 e. The van der Waals surface area contributed by atoms with E-state index in [0.717, 1.165) is 16.9 Å². The van der Waals surface area contributed by atoms with Gasteiger partial charge in [0.15, 0.2) is 5.76 Å². The van der Waals surface area contributed by atoms with Gasteiger partial charge in [0.25, 0.3) is 0 Å². The molecule has 152 valence electrons. The minimum atomic E-state index is -0.219. The third-order valence-corrected chi connectivity index (χ3v) is 5.08. The molecule has 1 heterocycles. The first-order chi connectivity index (χ1) is 14.5. The Morgan fingerprint density at radius 2 is 1.60 bits per heavy atom. The van der Waals surface area contributed by atoms with Crippen molar-refractivity contribution in [3.63, 3.8) is 0 Å². The minimum absolute atomic E-state index is 0.138. The Morgan fingerprint density at radius 1 is 0.900 bits per heavy atom. The fourth-order valence-corrected chi connectivity index (χ4v) is 3.67. The number of halogens is 1. The zero-order chi connectivity index (χ0) is 21.1. The maximum atomic E-state index is 13.4. The van der Waals surface area contributed by atoms with Crippen LogP contribution in [0.15, 0.2) is 75.9 Å². The lowest BCUT2D eigenvalue weighted by atomic mass is 10.0. The Labute approximate surface area is 179 Å². The van der Waals surface area contributed by atoms with E-state index in [1.807, 2.05) is 74.5 Å². The monoisotopic (exact) mass is 420 g/mol. The molecule has 4 aromatic rings. The van der Waals surface area contributed by atoms with Crippen molar-refractivity contribution in [3.8, 4) is 22.8 Å². The molecule has 4 nitrogen and oxygen atoms in total. The summed E-state index contributed by atoms with van der Waals surface area (Å²) in [6.45, 7) is 4.33. The van der Waals surface area contributed by atoms with Crippen LogP contribution in [0.3, 0.4) is 0 Å². The van der Waals surface area contributed by atoms with Crippen LogP contribution in [-0.2, 0) is 0 Å². The molecule has 0 saturated heterocycles. The van der Waals surface area contributed by atoms with Crippen LogP contribution in [-0.4, -0.2) is 13.2 Å². The van der Waals surface area contributed by atoms with Crippen LogP contribution < -0.4 is 14.9 Å². The molecule has 0 aliphatic rings. The molecule has 0 aliphatic carbocycles. The van der Waals surface area contributed by atoms with Gasteiger partial charge in [-0.05, 0) is 55.3 Å². The SMILES string of the molecule is Cc1cc(C)c2c(=O)c(OCCOc3ccccc3)c(-c3ccccc3Cl)oc2c1. The normalized spacial score (nSPS) is 10.9. The van der Waals surface area contributed by atoms with Crippen LogP contribution in [0.5, 0.6) is 11.5 Å².